The maximum atomic E-state index is 3.51. The van der Waals surface area contributed by atoms with Crippen LogP contribution in [0.25, 0.3) is 0 Å². The van der Waals surface area contributed by atoms with Gasteiger partial charge in [-0.15, -0.1) is 11.3 Å². The summed E-state index contributed by atoms with van der Waals surface area (Å²) in [6.45, 7) is 5.63. The van der Waals surface area contributed by atoms with Crippen LogP contribution in [0.4, 0.5) is 0 Å². The van der Waals surface area contributed by atoms with Crippen LogP contribution in [0.2, 0.25) is 0 Å². The van der Waals surface area contributed by atoms with Gasteiger partial charge in [0.05, 0.1) is 0 Å². The van der Waals surface area contributed by atoms with E-state index in [1.807, 2.05) is 11.3 Å². The van der Waals surface area contributed by atoms with Gasteiger partial charge >= 0.3 is 0 Å². The Hall–Kier alpha value is -0.420. The highest BCUT2D eigenvalue weighted by atomic mass is 32.1. The number of rotatable bonds is 4. The molecule has 0 saturated carbocycles. The molecule has 1 N–H and O–H groups in total. The number of likely N-dealkylation sites (N-methyl/N-ethyl adjacent to an activating group) is 1. The SMILES string of the molecule is Cc1ccsc1C(CC1CNCCN1C)N(C)C. The van der Waals surface area contributed by atoms with Crippen molar-refractivity contribution in [1.82, 2.24) is 15.1 Å². The topological polar surface area (TPSA) is 18.5 Å². The van der Waals surface area contributed by atoms with Gasteiger partial charge in [-0.1, -0.05) is 0 Å². The van der Waals surface area contributed by atoms with Crippen molar-refractivity contribution in [3.8, 4) is 0 Å². The average molecular weight is 267 g/mol. The van der Waals surface area contributed by atoms with E-state index < -0.39 is 0 Å². The molecule has 102 valence electrons. The lowest BCUT2D eigenvalue weighted by atomic mass is 10.0. The Balaban J connectivity index is 2.09. The number of nitrogens with one attached hydrogen (secondary N) is 1. The molecule has 1 saturated heterocycles. The summed E-state index contributed by atoms with van der Waals surface area (Å²) in [5.41, 5.74) is 1.44. The first-order valence-electron chi connectivity index (χ1n) is 6.71. The van der Waals surface area contributed by atoms with Gasteiger partial charge in [0.1, 0.15) is 0 Å². The second-order valence-electron chi connectivity index (χ2n) is 5.52. The summed E-state index contributed by atoms with van der Waals surface area (Å²) in [4.78, 5) is 6.39. The second kappa shape index (κ2) is 6.15. The van der Waals surface area contributed by atoms with Crippen molar-refractivity contribution in [2.75, 3.05) is 40.8 Å². The number of hydrogen-bond donors (Lipinski definition) is 1. The second-order valence-corrected chi connectivity index (χ2v) is 6.47. The van der Waals surface area contributed by atoms with Gasteiger partial charge in [0, 0.05) is 36.6 Å². The van der Waals surface area contributed by atoms with E-state index in [9.17, 15) is 0 Å². The summed E-state index contributed by atoms with van der Waals surface area (Å²) >= 11 is 1.90. The normalized spacial score (nSPS) is 23.5. The highest BCUT2D eigenvalue weighted by Gasteiger charge is 2.26. The fraction of sp³-hybridized carbons (Fsp3) is 0.714. The fourth-order valence-corrected chi connectivity index (χ4v) is 3.80. The van der Waals surface area contributed by atoms with Gasteiger partial charge in [0.25, 0.3) is 0 Å². The minimum atomic E-state index is 0.539. The van der Waals surface area contributed by atoms with E-state index in [-0.39, 0.29) is 0 Å². The van der Waals surface area contributed by atoms with Crippen molar-refractivity contribution < 1.29 is 0 Å². The molecule has 2 atom stereocenters. The van der Waals surface area contributed by atoms with E-state index in [1.165, 1.54) is 16.9 Å². The number of aryl methyl sites for hydroxylation is 1. The Morgan fingerprint density at radius 2 is 2.33 bits per heavy atom. The highest BCUT2D eigenvalue weighted by Crippen LogP contribution is 2.31. The third-order valence-corrected chi connectivity index (χ3v) is 5.09. The van der Waals surface area contributed by atoms with Crippen molar-refractivity contribution in [3.05, 3.63) is 21.9 Å². The van der Waals surface area contributed by atoms with Crippen LogP contribution in [0.5, 0.6) is 0 Å². The molecule has 1 aliphatic heterocycles. The van der Waals surface area contributed by atoms with E-state index in [1.54, 1.807) is 0 Å². The van der Waals surface area contributed by atoms with Crippen LogP contribution in [0, 0.1) is 6.92 Å². The van der Waals surface area contributed by atoms with Gasteiger partial charge in [0.15, 0.2) is 0 Å². The van der Waals surface area contributed by atoms with E-state index in [0.29, 0.717) is 12.1 Å². The Labute approximate surface area is 115 Å². The summed E-state index contributed by atoms with van der Waals surface area (Å²) in [6.07, 6.45) is 1.21. The van der Waals surface area contributed by atoms with Crippen LogP contribution in [-0.4, -0.2) is 56.6 Å². The molecule has 0 radical (unpaired) electrons. The summed E-state index contributed by atoms with van der Waals surface area (Å²) in [7, 11) is 6.64. The molecule has 2 rings (SSSR count). The van der Waals surface area contributed by atoms with Gasteiger partial charge in [-0.3, -0.25) is 0 Å². The molecule has 1 aromatic heterocycles. The predicted molar refractivity (Wildman–Crippen MR) is 79.4 cm³/mol. The summed E-state index contributed by atoms with van der Waals surface area (Å²) in [5.74, 6) is 0. The van der Waals surface area contributed by atoms with E-state index in [0.717, 1.165) is 19.6 Å². The van der Waals surface area contributed by atoms with Crippen molar-refractivity contribution in [2.24, 2.45) is 0 Å². The molecule has 0 aliphatic carbocycles. The minimum Gasteiger partial charge on any atom is -0.314 e. The Bertz CT molecular complexity index is 375. The van der Waals surface area contributed by atoms with Crippen LogP contribution in [0.15, 0.2) is 11.4 Å². The van der Waals surface area contributed by atoms with Crippen LogP contribution in [-0.2, 0) is 0 Å². The lowest BCUT2D eigenvalue weighted by Gasteiger charge is -2.37. The van der Waals surface area contributed by atoms with Crippen molar-refractivity contribution >= 4 is 11.3 Å². The van der Waals surface area contributed by atoms with Crippen LogP contribution in [0.3, 0.4) is 0 Å². The maximum Gasteiger partial charge on any atom is 0.0453 e. The Morgan fingerprint density at radius 3 is 2.89 bits per heavy atom. The number of thiophene rings is 1. The van der Waals surface area contributed by atoms with E-state index in [2.05, 4.69) is 54.6 Å². The van der Waals surface area contributed by atoms with Gasteiger partial charge < -0.3 is 15.1 Å². The number of hydrogen-bond acceptors (Lipinski definition) is 4. The number of nitrogens with zero attached hydrogens (tertiary/aromatic N) is 2. The summed E-state index contributed by atoms with van der Waals surface area (Å²) in [5, 5.41) is 5.72. The smallest absolute Gasteiger partial charge is 0.0453 e. The third-order valence-electron chi connectivity index (χ3n) is 3.97. The standard InChI is InChI=1S/C14H25N3S/c1-11-5-8-18-14(11)13(16(2)3)9-12-10-15-6-7-17(12)4/h5,8,12-13,15H,6-7,9-10H2,1-4H3. The van der Waals surface area contributed by atoms with E-state index in [4.69, 9.17) is 0 Å². The molecule has 2 unspecified atom stereocenters. The molecule has 1 aromatic rings. The zero-order valence-corrected chi connectivity index (χ0v) is 12.8. The van der Waals surface area contributed by atoms with Crippen LogP contribution >= 0.6 is 11.3 Å². The first-order chi connectivity index (χ1) is 8.59. The maximum absolute atomic E-state index is 3.51. The lowest BCUT2D eigenvalue weighted by molar-refractivity contribution is 0.150. The molecule has 4 heteroatoms. The lowest BCUT2D eigenvalue weighted by Crippen LogP contribution is -2.50. The first-order valence-corrected chi connectivity index (χ1v) is 7.59. The molecule has 2 heterocycles. The van der Waals surface area contributed by atoms with Gasteiger partial charge in [-0.05, 0) is 51.5 Å². The first kappa shape index (κ1) is 14.0. The van der Waals surface area contributed by atoms with Gasteiger partial charge in [-0.2, -0.15) is 0 Å². The van der Waals surface area contributed by atoms with E-state index >= 15 is 0 Å². The van der Waals surface area contributed by atoms with Crippen molar-refractivity contribution in [1.29, 1.82) is 0 Å². The molecule has 0 bridgehead atoms. The molecule has 18 heavy (non-hydrogen) atoms. The quantitative estimate of drug-likeness (QED) is 0.899. The Morgan fingerprint density at radius 1 is 1.56 bits per heavy atom. The Kier molecular flexibility index (Phi) is 4.78. The minimum absolute atomic E-state index is 0.539. The van der Waals surface area contributed by atoms with Gasteiger partial charge in [0.2, 0.25) is 0 Å². The van der Waals surface area contributed by atoms with Crippen LogP contribution < -0.4 is 5.32 Å². The summed E-state index contributed by atoms with van der Waals surface area (Å²) in [6, 6.07) is 3.42. The molecule has 0 aromatic carbocycles. The van der Waals surface area contributed by atoms with Crippen LogP contribution in [0.1, 0.15) is 22.9 Å². The molecular formula is C14H25N3S. The monoisotopic (exact) mass is 267 g/mol. The predicted octanol–water partition coefficient (Wildman–Crippen LogP) is 1.95. The van der Waals surface area contributed by atoms with Crippen molar-refractivity contribution in [3.63, 3.8) is 0 Å². The van der Waals surface area contributed by atoms with Gasteiger partial charge in [-0.25, -0.2) is 0 Å². The highest BCUT2D eigenvalue weighted by molar-refractivity contribution is 7.10. The fourth-order valence-electron chi connectivity index (χ4n) is 2.66. The summed E-state index contributed by atoms with van der Waals surface area (Å²) < 4.78 is 0. The zero-order valence-electron chi connectivity index (χ0n) is 11.9. The average Bonchev–Trinajstić information content (AvgIpc) is 2.74. The van der Waals surface area contributed by atoms with Crippen molar-refractivity contribution in [2.45, 2.75) is 25.4 Å². The largest absolute Gasteiger partial charge is 0.314 e. The molecule has 1 fully saturated rings. The molecule has 1 aliphatic rings. The molecule has 0 amide bonds. The molecule has 3 nitrogen and oxygen atoms in total. The number of piperazine rings is 1. The third kappa shape index (κ3) is 3.12. The molecular weight excluding hydrogens is 242 g/mol. The zero-order chi connectivity index (χ0) is 13.1. The molecule has 0 spiro atoms.